The smallest absolute Gasteiger partial charge is 0.298 e. The zero-order chi connectivity index (χ0) is 21.6. The van der Waals surface area contributed by atoms with Crippen molar-refractivity contribution >= 4 is 17.4 Å². The third kappa shape index (κ3) is 5.14. The first kappa shape index (κ1) is 21.1. The maximum Gasteiger partial charge on any atom is 0.298 e. The lowest BCUT2D eigenvalue weighted by molar-refractivity contribution is 0.0724. The number of amides is 1. The summed E-state index contributed by atoms with van der Waals surface area (Å²) in [6, 6.07) is 13.0. The van der Waals surface area contributed by atoms with E-state index in [2.05, 4.69) is 9.36 Å². The second-order valence-corrected chi connectivity index (χ2v) is 8.04. The molecule has 0 aliphatic carbocycles. The molecule has 2 aromatic carbocycles. The van der Waals surface area contributed by atoms with Gasteiger partial charge in [0.2, 0.25) is 0 Å². The molecule has 162 valence electrons. The van der Waals surface area contributed by atoms with E-state index < -0.39 is 0 Å². The van der Waals surface area contributed by atoms with E-state index in [4.69, 9.17) is 14.2 Å². The number of methoxy groups -OCH3 is 2. The van der Waals surface area contributed by atoms with Crippen LogP contribution in [0.5, 0.6) is 22.4 Å². The van der Waals surface area contributed by atoms with E-state index >= 15 is 0 Å². The van der Waals surface area contributed by atoms with Crippen LogP contribution < -0.4 is 14.2 Å². The first-order chi connectivity index (χ1) is 15.2. The third-order valence-corrected chi connectivity index (χ3v) is 5.83. The summed E-state index contributed by atoms with van der Waals surface area (Å²) in [6.07, 6.45) is 3.84. The summed E-state index contributed by atoms with van der Waals surface area (Å²) in [5.41, 5.74) is 1.63. The maximum atomic E-state index is 12.9. The Bertz CT molecular complexity index is 1050. The molecule has 0 bridgehead atoms. The molecule has 4 rings (SSSR count). The number of carbonyl (C=O) groups excluding carboxylic acids is 1. The average Bonchev–Trinajstić information content (AvgIpc) is 3.25. The molecule has 1 aliphatic rings. The number of hydrogen-bond donors (Lipinski definition) is 0. The SMILES string of the molecule is COc1cccc(Cc2nsc(Oc3cc(C(=O)N4CCCCC4)ccc3OC)n2)c1. The molecule has 31 heavy (non-hydrogen) atoms. The van der Waals surface area contributed by atoms with E-state index in [1.165, 1.54) is 18.0 Å². The first-order valence-corrected chi connectivity index (χ1v) is 11.0. The van der Waals surface area contributed by atoms with Gasteiger partial charge in [0.15, 0.2) is 17.3 Å². The summed E-state index contributed by atoms with van der Waals surface area (Å²) in [5.74, 6) is 2.47. The van der Waals surface area contributed by atoms with Crippen molar-refractivity contribution in [1.29, 1.82) is 0 Å². The summed E-state index contributed by atoms with van der Waals surface area (Å²) in [5, 5.41) is 0.402. The Morgan fingerprint density at radius 2 is 1.87 bits per heavy atom. The van der Waals surface area contributed by atoms with Gasteiger partial charge < -0.3 is 19.1 Å². The van der Waals surface area contributed by atoms with Crippen LogP contribution in [0.3, 0.4) is 0 Å². The predicted octanol–water partition coefficient (Wildman–Crippen LogP) is 4.56. The zero-order valence-corrected chi connectivity index (χ0v) is 18.5. The van der Waals surface area contributed by atoms with Crippen LogP contribution >= 0.6 is 11.5 Å². The highest BCUT2D eigenvalue weighted by atomic mass is 32.1. The lowest BCUT2D eigenvalue weighted by Gasteiger charge is -2.26. The molecular weight excluding hydrogens is 414 g/mol. The molecule has 2 heterocycles. The van der Waals surface area contributed by atoms with Crippen LogP contribution in [0.2, 0.25) is 0 Å². The van der Waals surface area contributed by atoms with Gasteiger partial charge in [0.05, 0.1) is 14.2 Å². The highest BCUT2D eigenvalue weighted by Crippen LogP contribution is 2.34. The molecule has 1 aliphatic heterocycles. The Morgan fingerprint density at radius 3 is 2.65 bits per heavy atom. The van der Waals surface area contributed by atoms with Gasteiger partial charge in [-0.15, -0.1) is 0 Å². The molecule has 0 unspecified atom stereocenters. The number of aromatic nitrogens is 2. The first-order valence-electron chi connectivity index (χ1n) is 10.3. The van der Waals surface area contributed by atoms with Crippen LogP contribution in [-0.4, -0.2) is 47.5 Å². The van der Waals surface area contributed by atoms with E-state index in [0.717, 1.165) is 37.2 Å². The highest BCUT2D eigenvalue weighted by molar-refractivity contribution is 7.07. The summed E-state index contributed by atoms with van der Waals surface area (Å²) in [6.45, 7) is 1.59. The van der Waals surface area contributed by atoms with Gasteiger partial charge in [0.25, 0.3) is 11.1 Å². The number of ether oxygens (including phenoxy) is 3. The molecule has 1 aromatic heterocycles. The molecule has 0 N–H and O–H groups in total. The molecule has 1 amide bonds. The van der Waals surface area contributed by atoms with E-state index in [9.17, 15) is 4.79 Å². The van der Waals surface area contributed by atoms with Crippen LogP contribution in [0, 0.1) is 0 Å². The second-order valence-electron chi connectivity index (χ2n) is 7.33. The van der Waals surface area contributed by atoms with Crippen molar-refractivity contribution in [3.8, 4) is 22.4 Å². The minimum absolute atomic E-state index is 0.0168. The van der Waals surface area contributed by atoms with Gasteiger partial charge >= 0.3 is 0 Å². The monoisotopic (exact) mass is 439 g/mol. The van der Waals surface area contributed by atoms with E-state index in [1.807, 2.05) is 29.2 Å². The Balaban J connectivity index is 1.50. The number of carbonyl (C=O) groups is 1. The topological polar surface area (TPSA) is 73.8 Å². The zero-order valence-electron chi connectivity index (χ0n) is 17.7. The number of nitrogens with zero attached hydrogens (tertiary/aromatic N) is 3. The Labute approximate surface area is 185 Å². The predicted molar refractivity (Wildman–Crippen MR) is 119 cm³/mol. The van der Waals surface area contributed by atoms with Crippen LogP contribution in [0.1, 0.15) is 41.0 Å². The molecule has 0 radical (unpaired) electrons. The maximum absolute atomic E-state index is 12.9. The van der Waals surface area contributed by atoms with Gasteiger partial charge in [0.1, 0.15) is 5.75 Å². The second kappa shape index (κ2) is 9.78. The molecule has 0 atom stereocenters. The molecule has 8 heteroatoms. The van der Waals surface area contributed by atoms with Crippen LogP contribution in [0.25, 0.3) is 0 Å². The van der Waals surface area contributed by atoms with E-state index in [0.29, 0.717) is 34.5 Å². The number of piperidine rings is 1. The van der Waals surface area contributed by atoms with Crippen molar-refractivity contribution in [3.05, 3.63) is 59.4 Å². The Morgan fingerprint density at radius 1 is 1.03 bits per heavy atom. The molecule has 0 spiro atoms. The van der Waals surface area contributed by atoms with Crippen molar-refractivity contribution in [1.82, 2.24) is 14.3 Å². The standard InChI is InChI=1S/C23H25N3O4S/c1-28-18-8-6-7-16(13-18)14-21-24-23(31-25-21)30-20-15-17(9-10-19(20)29-2)22(27)26-11-4-3-5-12-26/h6-10,13,15H,3-5,11-12,14H2,1-2H3. The summed E-state index contributed by atoms with van der Waals surface area (Å²) in [4.78, 5) is 19.2. The van der Waals surface area contributed by atoms with Crippen molar-refractivity contribution in [2.45, 2.75) is 25.7 Å². The van der Waals surface area contributed by atoms with Gasteiger partial charge in [-0.25, -0.2) is 0 Å². The fourth-order valence-electron chi connectivity index (χ4n) is 3.58. The van der Waals surface area contributed by atoms with Gasteiger partial charge in [-0.3, -0.25) is 4.79 Å². The van der Waals surface area contributed by atoms with Gasteiger partial charge in [-0.2, -0.15) is 9.36 Å². The molecule has 7 nitrogen and oxygen atoms in total. The lowest BCUT2D eigenvalue weighted by Crippen LogP contribution is -2.35. The number of benzene rings is 2. The quantitative estimate of drug-likeness (QED) is 0.537. The highest BCUT2D eigenvalue weighted by Gasteiger charge is 2.20. The summed E-state index contributed by atoms with van der Waals surface area (Å²) < 4.78 is 21.1. The number of likely N-dealkylation sites (tertiary alicyclic amines) is 1. The van der Waals surface area contributed by atoms with Crippen LogP contribution in [0.15, 0.2) is 42.5 Å². The van der Waals surface area contributed by atoms with Crippen LogP contribution in [-0.2, 0) is 6.42 Å². The molecule has 3 aromatic rings. The summed E-state index contributed by atoms with van der Waals surface area (Å²) >= 11 is 1.17. The molecule has 1 fully saturated rings. The van der Waals surface area contributed by atoms with Crippen LogP contribution in [0.4, 0.5) is 0 Å². The largest absolute Gasteiger partial charge is 0.497 e. The lowest BCUT2D eigenvalue weighted by atomic mass is 10.1. The van der Waals surface area contributed by atoms with Gasteiger partial charge in [0, 0.05) is 36.6 Å². The number of hydrogen-bond acceptors (Lipinski definition) is 7. The fraction of sp³-hybridized carbons (Fsp3) is 0.348. The van der Waals surface area contributed by atoms with Gasteiger partial charge in [-0.05, 0) is 55.2 Å². The van der Waals surface area contributed by atoms with E-state index in [-0.39, 0.29) is 5.91 Å². The normalized spacial score (nSPS) is 13.7. The van der Waals surface area contributed by atoms with Crippen molar-refractivity contribution in [3.63, 3.8) is 0 Å². The van der Waals surface area contributed by atoms with Gasteiger partial charge in [-0.1, -0.05) is 12.1 Å². The Hall–Kier alpha value is -3.13. The molecule has 0 saturated carbocycles. The third-order valence-electron chi connectivity index (χ3n) is 5.20. The van der Waals surface area contributed by atoms with Crippen molar-refractivity contribution in [2.24, 2.45) is 0 Å². The average molecular weight is 440 g/mol. The summed E-state index contributed by atoms with van der Waals surface area (Å²) in [7, 11) is 3.21. The number of rotatable bonds is 7. The van der Waals surface area contributed by atoms with Crippen molar-refractivity contribution < 1.29 is 19.0 Å². The minimum atomic E-state index is 0.0168. The van der Waals surface area contributed by atoms with E-state index in [1.54, 1.807) is 32.4 Å². The molecular formula is C23H25N3O4S. The molecule has 1 saturated heterocycles. The minimum Gasteiger partial charge on any atom is -0.497 e. The fourth-order valence-corrected chi connectivity index (χ4v) is 4.14. The van der Waals surface area contributed by atoms with Crippen molar-refractivity contribution in [2.75, 3.05) is 27.3 Å². The Kier molecular flexibility index (Phi) is 6.66.